The average Bonchev–Trinajstić information content (AvgIpc) is 2.07. The lowest BCUT2D eigenvalue weighted by Gasteiger charge is -2.08. The quantitative estimate of drug-likeness (QED) is 0.584. The maximum Gasteiger partial charge on any atom is 0.378 e. The van der Waals surface area contributed by atoms with E-state index < -0.39 is 17.8 Å². The molecule has 0 bridgehead atoms. The third-order valence-corrected chi connectivity index (χ3v) is 1.87. The van der Waals surface area contributed by atoms with E-state index in [1.54, 1.807) is 6.07 Å². The van der Waals surface area contributed by atoms with Crippen LogP contribution in [0.3, 0.4) is 0 Å². The number of carbonyl (C=O) groups is 1. The molecule has 0 aliphatic carbocycles. The normalized spacial score (nSPS) is 12.1. The van der Waals surface area contributed by atoms with E-state index in [-0.39, 0.29) is 5.56 Å². The maximum absolute atomic E-state index is 13.2. The monoisotopic (exact) mass is 196 g/mol. The second kappa shape index (κ2) is 4.00. The van der Waals surface area contributed by atoms with E-state index >= 15 is 0 Å². The van der Waals surface area contributed by atoms with Gasteiger partial charge in [0.2, 0.25) is 0 Å². The van der Waals surface area contributed by atoms with Gasteiger partial charge in [-0.05, 0) is 12.1 Å². The Hall–Kier alpha value is -1.71. The standard InChI is InChI=1S/C10H10FNO2/c1-12(2)9(10(13)14)7-5-3-4-6-8(7)11/h3-6,9H,1H2,2H3/p+1/t9-/m0/s1. The molecule has 1 aromatic rings. The van der Waals surface area contributed by atoms with Gasteiger partial charge >= 0.3 is 5.97 Å². The van der Waals surface area contributed by atoms with E-state index in [2.05, 4.69) is 6.72 Å². The molecule has 0 saturated heterocycles. The summed E-state index contributed by atoms with van der Waals surface area (Å²) in [5.41, 5.74) is 0.123. The van der Waals surface area contributed by atoms with Crippen LogP contribution < -0.4 is 0 Å². The van der Waals surface area contributed by atoms with Gasteiger partial charge in [0.25, 0.3) is 6.04 Å². The molecule has 1 aromatic carbocycles. The van der Waals surface area contributed by atoms with Crippen LogP contribution in [0.15, 0.2) is 24.3 Å². The number of hydrogen-bond acceptors (Lipinski definition) is 1. The van der Waals surface area contributed by atoms with Crippen molar-refractivity contribution in [3.8, 4) is 0 Å². The Morgan fingerprint density at radius 3 is 2.57 bits per heavy atom. The van der Waals surface area contributed by atoms with Crippen LogP contribution in [0.1, 0.15) is 11.6 Å². The molecule has 1 N–H and O–H groups in total. The van der Waals surface area contributed by atoms with Crippen molar-refractivity contribution in [2.45, 2.75) is 6.04 Å². The average molecular weight is 196 g/mol. The number of hydrogen-bond donors (Lipinski definition) is 1. The minimum atomic E-state index is -1.12. The van der Waals surface area contributed by atoms with E-state index in [4.69, 9.17) is 5.11 Å². The molecule has 0 aromatic heterocycles. The highest BCUT2D eigenvalue weighted by molar-refractivity contribution is 5.74. The molecule has 0 spiro atoms. The van der Waals surface area contributed by atoms with Crippen LogP contribution in [0.5, 0.6) is 0 Å². The Balaban J connectivity index is 3.18. The first kappa shape index (κ1) is 10.4. The number of rotatable bonds is 3. The maximum atomic E-state index is 13.2. The van der Waals surface area contributed by atoms with E-state index in [1.807, 2.05) is 0 Å². The van der Waals surface area contributed by atoms with Gasteiger partial charge < -0.3 is 5.11 Å². The van der Waals surface area contributed by atoms with Crippen molar-refractivity contribution in [1.82, 2.24) is 0 Å². The van der Waals surface area contributed by atoms with Crippen molar-refractivity contribution in [3.63, 3.8) is 0 Å². The van der Waals surface area contributed by atoms with Crippen molar-refractivity contribution in [2.75, 3.05) is 7.05 Å². The zero-order valence-corrected chi connectivity index (χ0v) is 7.77. The van der Waals surface area contributed by atoms with Crippen LogP contribution in [0.4, 0.5) is 4.39 Å². The van der Waals surface area contributed by atoms with Crippen LogP contribution in [-0.4, -0.2) is 29.4 Å². The molecule has 0 aliphatic rings. The number of carboxylic acid groups (broad SMARTS) is 1. The summed E-state index contributed by atoms with van der Waals surface area (Å²) < 4.78 is 14.5. The summed E-state index contributed by atoms with van der Waals surface area (Å²) >= 11 is 0. The predicted octanol–water partition coefficient (Wildman–Crippen LogP) is 1.29. The summed E-state index contributed by atoms with van der Waals surface area (Å²) in [5, 5.41) is 8.87. The highest BCUT2D eigenvalue weighted by Gasteiger charge is 2.29. The first-order valence-electron chi connectivity index (χ1n) is 4.04. The largest absolute Gasteiger partial charge is 0.476 e. The van der Waals surface area contributed by atoms with Gasteiger partial charge in [-0.15, -0.1) is 0 Å². The van der Waals surface area contributed by atoms with Crippen molar-refractivity contribution in [2.24, 2.45) is 0 Å². The van der Waals surface area contributed by atoms with Crippen molar-refractivity contribution < 1.29 is 18.9 Å². The molecule has 0 fully saturated rings. The van der Waals surface area contributed by atoms with E-state index in [0.29, 0.717) is 0 Å². The molecule has 1 rings (SSSR count). The molecule has 0 amide bonds. The summed E-state index contributed by atoms with van der Waals surface area (Å²) in [7, 11) is 1.49. The number of aliphatic carboxylic acids is 1. The number of carboxylic acids is 1. The Morgan fingerprint density at radius 2 is 2.14 bits per heavy atom. The lowest BCUT2D eigenvalue weighted by Crippen LogP contribution is -2.23. The number of likely N-dealkylation sites (N-methyl/N-ethyl adjacent to an activating group) is 1. The Kier molecular flexibility index (Phi) is 2.96. The van der Waals surface area contributed by atoms with Crippen molar-refractivity contribution in [1.29, 1.82) is 0 Å². The Labute approximate surface area is 81.1 Å². The molecule has 0 aliphatic heterocycles. The molecule has 3 nitrogen and oxygen atoms in total. The second-order valence-electron chi connectivity index (χ2n) is 3.02. The van der Waals surface area contributed by atoms with Gasteiger partial charge in [-0.25, -0.2) is 13.8 Å². The minimum absolute atomic E-state index is 0.123. The van der Waals surface area contributed by atoms with Gasteiger partial charge in [0, 0.05) is 0 Å². The molecule has 4 heteroatoms. The van der Waals surface area contributed by atoms with Crippen LogP contribution in [0.2, 0.25) is 0 Å². The molecule has 0 heterocycles. The van der Waals surface area contributed by atoms with Crippen molar-refractivity contribution in [3.05, 3.63) is 35.6 Å². The highest BCUT2D eigenvalue weighted by Crippen LogP contribution is 2.19. The summed E-state index contributed by atoms with van der Waals surface area (Å²) in [6.45, 7) is 3.46. The first-order chi connectivity index (χ1) is 6.54. The number of halogens is 1. The lowest BCUT2D eigenvalue weighted by molar-refractivity contribution is -0.524. The molecular formula is C10H11FNO2+. The summed E-state index contributed by atoms with van der Waals surface area (Å²) in [6, 6.07) is 4.74. The lowest BCUT2D eigenvalue weighted by atomic mass is 10.1. The summed E-state index contributed by atoms with van der Waals surface area (Å²) in [5.74, 6) is -1.65. The van der Waals surface area contributed by atoms with Gasteiger partial charge in [-0.2, -0.15) is 0 Å². The van der Waals surface area contributed by atoms with E-state index in [0.717, 1.165) is 0 Å². The van der Waals surface area contributed by atoms with E-state index in [9.17, 15) is 9.18 Å². The number of benzene rings is 1. The molecule has 1 atom stereocenters. The van der Waals surface area contributed by atoms with Gasteiger partial charge in [-0.3, -0.25) is 0 Å². The Morgan fingerprint density at radius 1 is 1.57 bits per heavy atom. The van der Waals surface area contributed by atoms with Gasteiger partial charge in [0.15, 0.2) is 0 Å². The molecule has 0 saturated carbocycles. The van der Waals surface area contributed by atoms with Crippen LogP contribution >= 0.6 is 0 Å². The fourth-order valence-corrected chi connectivity index (χ4v) is 1.26. The highest BCUT2D eigenvalue weighted by atomic mass is 19.1. The molecule has 14 heavy (non-hydrogen) atoms. The first-order valence-corrected chi connectivity index (χ1v) is 4.04. The van der Waals surface area contributed by atoms with Gasteiger partial charge in [-0.1, -0.05) is 12.1 Å². The SMILES string of the molecule is C=[N+](C)[C@H](C(=O)O)c1ccccc1F. The topological polar surface area (TPSA) is 40.3 Å². The smallest absolute Gasteiger partial charge is 0.378 e. The third-order valence-electron chi connectivity index (χ3n) is 1.87. The zero-order chi connectivity index (χ0) is 10.7. The number of nitrogens with zero attached hydrogens (tertiary/aromatic N) is 1. The molecule has 0 unspecified atom stereocenters. The van der Waals surface area contributed by atoms with Gasteiger partial charge in [0.05, 0.1) is 5.56 Å². The van der Waals surface area contributed by atoms with Crippen LogP contribution in [0, 0.1) is 5.82 Å². The summed E-state index contributed by atoms with van der Waals surface area (Å²) in [4.78, 5) is 10.8. The zero-order valence-electron chi connectivity index (χ0n) is 7.77. The predicted molar refractivity (Wildman–Crippen MR) is 50.1 cm³/mol. The molecule has 0 radical (unpaired) electrons. The van der Waals surface area contributed by atoms with Crippen molar-refractivity contribution >= 4 is 12.7 Å². The van der Waals surface area contributed by atoms with Gasteiger partial charge in [0.1, 0.15) is 19.6 Å². The molecular weight excluding hydrogens is 185 g/mol. The fraction of sp³-hybridized carbons (Fsp3) is 0.200. The van der Waals surface area contributed by atoms with Crippen LogP contribution in [0.25, 0.3) is 0 Å². The van der Waals surface area contributed by atoms with E-state index in [1.165, 1.54) is 29.8 Å². The second-order valence-corrected chi connectivity index (χ2v) is 3.02. The van der Waals surface area contributed by atoms with Crippen LogP contribution in [-0.2, 0) is 4.79 Å². The molecule has 74 valence electrons. The summed E-state index contributed by atoms with van der Waals surface area (Å²) in [6.07, 6.45) is 0. The Bertz CT molecular complexity index is 362. The third kappa shape index (κ3) is 1.96. The minimum Gasteiger partial charge on any atom is -0.476 e. The fourth-order valence-electron chi connectivity index (χ4n) is 1.26.